The van der Waals surface area contributed by atoms with Crippen LogP contribution in [0.25, 0.3) is 0 Å². The summed E-state index contributed by atoms with van der Waals surface area (Å²) in [7, 11) is 0. The summed E-state index contributed by atoms with van der Waals surface area (Å²) in [5, 5.41) is 11.1. The lowest BCUT2D eigenvalue weighted by molar-refractivity contribution is -0.137. The molecule has 0 aliphatic rings. The molecule has 6 heteroatoms. The summed E-state index contributed by atoms with van der Waals surface area (Å²) in [5.41, 5.74) is -0.960. The lowest BCUT2D eigenvalue weighted by Crippen LogP contribution is -2.42. The molecule has 0 aromatic carbocycles. The highest BCUT2D eigenvalue weighted by Gasteiger charge is 2.28. The van der Waals surface area contributed by atoms with Crippen LogP contribution in [0.3, 0.4) is 0 Å². The summed E-state index contributed by atoms with van der Waals surface area (Å²) in [4.78, 5) is 33.9. The van der Waals surface area contributed by atoms with Crippen LogP contribution < -0.4 is 10.9 Å². The molecule has 0 spiro atoms. The predicted molar refractivity (Wildman–Crippen MR) is 69.7 cm³/mol. The van der Waals surface area contributed by atoms with Gasteiger partial charge in [0.15, 0.2) is 0 Å². The summed E-state index contributed by atoms with van der Waals surface area (Å²) in [6.07, 6.45) is 1.50. The van der Waals surface area contributed by atoms with Crippen molar-refractivity contribution in [3.8, 4) is 0 Å². The zero-order chi connectivity index (χ0) is 14.5. The number of hydrogen-bond donors (Lipinski definition) is 2. The number of rotatable bonds is 6. The SMILES string of the molecule is CC(C)(Cn1ccccc1=O)C(=O)NCCC(=O)O. The van der Waals surface area contributed by atoms with Gasteiger partial charge in [-0.05, 0) is 19.9 Å². The van der Waals surface area contributed by atoms with Gasteiger partial charge in [0.1, 0.15) is 0 Å². The molecule has 1 heterocycles. The van der Waals surface area contributed by atoms with Gasteiger partial charge in [0.05, 0.1) is 11.8 Å². The molecule has 0 unspecified atom stereocenters. The van der Waals surface area contributed by atoms with Gasteiger partial charge < -0.3 is 15.0 Å². The summed E-state index contributed by atoms with van der Waals surface area (Å²) in [5.74, 6) is -1.23. The summed E-state index contributed by atoms with van der Waals surface area (Å²) in [6.45, 7) is 3.75. The summed E-state index contributed by atoms with van der Waals surface area (Å²) >= 11 is 0. The maximum Gasteiger partial charge on any atom is 0.305 e. The lowest BCUT2D eigenvalue weighted by Gasteiger charge is -2.24. The number of nitrogens with zero attached hydrogens (tertiary/aromatic N) is 1. The highest BCUT2D eigenvalue weighted by Crippen LogP contribution is 2.17. The molecular weight excluding hydrogens is 248 g/mol. The molecule has 0 aliphatic heterocycles. The van der Waals surface area contributed by atoms with Crippen molar-refractivity contribution in [1.29, 1.82) is 0 Å². The molecule has 0 saturated heterocycles. The molecule has 0 radical (unpaired) electrons. The molecule has 2 N–H and O–H groups in total. The largest absolute Gasteiger partial charge is 0.481 e. The minimum Gasteiger partial charge on any atom is -0.481 e. The zero-order valence-corrected chi connectivity index (χ0v) is 11.0. The number of aromatic nitrogens is 1. The minimum absolute atomic E-state index is 0.0846. The van der Waals surface area contributed by atoms with Crippen LogP contribution in [0, 0.1) is 5.41 Å². The Labute approximate surface area is 111 Å². The molecule has 6 nitrogen and oxygen atoms in total. The first-order chi connectivity index (χ1) is 8.83. The van der Waals surface area contributed by atoms with Gasteiger partial charge in [-0.2, -0.15) is 0 Å². The lowest BCUT2D eigenvalue weighted by atomic mass is 9.92. The molecule has 19 heavy (non-hydrogen) atoms. The molecule has 104 valence electrons. The Hall–Kier alpha value is -2.11. The zero-order valence-electron chi connectivity index (χ0n) is 11.0. The maximum atomic E-state index is 11.9. The van der Waals surface area contributed by atoms with E-state index in [4.69, 9.17) is 5.11 Å². The fourth-order valence-corrected chi connectivity index (χ4v) is 1.61. The van der Waals surface area contributed by atoms with Crippen molar-refractivity contribution < 1.29 is 14.7 Å². The van der Waals surface area contributed by atoms with Crippen LogP contribution in [0.5, 0.6) is 0 Å². The van der Waals surface area contributed by atoms with E-state index in [2.05, 4.69) is 5.32 Å². The van der Waals surface area contributed by atoms with Crippen molar-refractivity contribution >= 4 is 11.9 Å². The van der Waals surface area contributed by atoms with Gasteiger partial charge in [0.2, 0.25) is 5.91 Å². The van der Waals surface area contributed by atoms with E-state index in [1.54, 1.807) is 32.2 Å². The Bertz CT molecular complexity index is 519. The van der Waals surface area contributed by atoms with Crippen molar-refractivity contribution in [3.63, 3.8) is 0 Å². The number of carboxylic acid groups (broad SMARTS) is 1. The molecule has 1 aromatic heterocycles. The smallest absolute Gasteiger partial charge is 0.305 e. The van der Waals surface area contributed by atoms with E-state index in [9.17, 15) is 14.4 Å². The van der Waals surface area contributed by atoms with Crippen molar-refractivity contribution in [2.24, 2.45) is 5.41 Å². The Balaban J connectivity index is 2.65. The topological polar surface area (TPSA) is 88.4 Å². The Morgan fingerprint density at radius 1 is 1.37 bits per heavy atom. The molecule has 0 bridgehead atoms. The van der Waals surface area contributed by atoms with Crippen LogP contribution in [-0.4, -0.2) is 28.1 Å². The van der Waals surface area contributed by atoms with Gasteiger partial charge in [-0.15, -0.1) is 0 Å². The van der Waals surface area contributed by atoms with Crippen LogP contribution in [0.4, 0.5) is 0 Å². The minimum atomic E-state index is -0.961. The molecule has 1 rings (SSSR count). The normalized spacial score (nSPS) is 11.1. The van der Waals surface area contributed by atoms with Crippen LogP contribution in [-0.2, 0) is 16.1 Å². The van der Waals surface area contributed by atoms with Crippen molar-refractivity contribution in [1.82, 2.24) is 9.88 Å². The Morgan fingerprint density at radius 2 is 2.05 bits per heavy atom. The van der Waals surface area contributed by atoms with Gasteiger partial charge >= 0.3 is 5.97 Å². The van der Waals surface area contributed by atoms with Gasteiger partial charge in [-0.1, -0.05) is 6.07 Å². The Kier molecular flexibility index (Phi) is 4.86. The standard InChI is InChI=1S/C13H18N2O4/c1-13(2,12(19)14-7-6-11(17)18)9-15-8-4-3-5-10(15)16/h3-5,8H,6-7,9H2,1-2H3,(H,14,19)(H,17,18). The predicted octanol–water partition coefficient (Wildman–Crippen LogP) is 0.465. The third-order valence-electron chi connectivity index (χ3n) is 2.70. The average Bonchev–Trinajstić information content (AvgIpc) is 2.31. The second kappa shape index (κ2) is 6.17. The molecule has 1 amide bonds. The highest BCUT2D eigenvalue weighted by molar-refractivity contribution is 5.82. The second-order valence-electron chi connectivity index (χ2n) is 4.95. The van der Waals surface area contributed by atoms with Crippen LogP contribution in [0.2, 0.25) is 0 Å². The van der Waals surface area contributed by atoms with E-state index in [1.807, 2.05) is 0 Å². The highest BCUT2D eigenvalue weighted by atomic mass is 16.4. The fourth-order valence-electron chi connectivity index (χ4n) is 1.61. The van der Waals surface area contributed by atoms with E-state index in [-0.39, 0.29) is 31.0 Å². The number of aliphatic carboxylic acids is 1. The molecule has 0 saturated carbocycles. The quantitative estimate of drug-likeness (QED) is 0.783. The van der Waals surface area contributed by atoms with Crippen molar-refractivity contribution in [2.75, 3.05) is 6.54 Å². The number of carboxylic acids is 1. The fraction of sp³-hybridized carbons (Fsp3) is 0.462. The first-order valence-corrected chi connectivity index (χ1v) is 5.98. The van der Waals surface area contributed by atoms with Crippen LogP contribution in [0.15, 0.2) is 29.2 Å². The second-order valence-corrected chi connectivity index (χ2v) is 4.95. The van der Waals surface area contributed by atoms with E-state index < -0.39 is 11.4 Å². The first-order valence-electron chi connectivity index (χ1n) is 5.98. The summed E-state index contributed by atoms with van der Waals surface area (Å²) in [6, 6.07) is 4.79. The molecule has 0 aliphatic carbocycles. The summed E-state index contributed by atoms with van der Waals surface area (Å²) < 4.78 is 1.46. The van der Waals surface area contributed by atoms with E-state index in [1.165, 1.54) is 10.6 Å². The van der Waals surface area contributed by atoms with Crippen LogP contribution in [0.1, 0.15) is 20.3 Å². The maximum absolute atomic E-state index is 11.9. The van der Waals surface area contributed by atoms with Gasteiger partial charge in [0.25, 0.3) is 5.56 Å². The Morgan fingerprint density at radius 3 is 2.63 bits per heavy atom. The van der Waals surface area contributed by atoms with E-state index in [0.717, 1.165) is 0 Å². The number of hydrogen-bond acceptors (Lipinski definition) is 3. The van der Waals surface area contributed by atoms with Crippen LogP contribution >= 0.6 is 0 Å². The molecule has 1 aromatic rings. The van der Waals surface area contributed by atoms with Crippen molar-refractivity contribution in [3.05, 3.63) is 34.7 Å². The van der Waals surface area contributed by atoms with Crippen molar-refractivity contribution in [2.45, 2.75) is 26.8 Å². The van der Waals surface area contributed by atoms with Gasteiger partial charge in [-0.3, -0.25) is 14.4 Å². The number of nitrogens with one attached hydrogen (secondary N) is 1. The van der Waals surface area contributed by atoms with E-state index >= 15 is 0 Å². The average molecular weight is 266 g/mol. The number of carbonyl (C=O) groups is 2. The van der Waals surface area contributed by atoms with Gasteiger partial charge in [0, 0.05) is 25.4 Å². The third kappa shape index (κ3) is 4.57. The monoisotopic (exact) mass is 266 g/mol. The number of carbonyl (C=O) groups excluding carboxylic acids is 1. The molecular formula is C13H18N2O4. The molecule has 0 atom stereocenters. The number of pyridine rings is 1. The molecule has 0 fully saturated rings. The number of amides is 1. The third-order valence-corrected chi connectivity index (χ3v) is 2.70. The first kappa shape index (κ1) is 14.9. The van der Waals surface area contributed by atoms with E-state index in [0.29, 0.717) is 0 Å². The van der Waals surface area contributed by atoms with Gasteiger partial charge in [-0.25, -0.2) is 0 Å².